The van der Waals surface area contributed by atoms with Gasteiger partial charge < -0.3 is 5.73 Å². The first-order valence-electron chi connectivity index (χ1n) is 5.57. The Kier molecular flexibility index (Phi) is 3.18. The summed E-state index contributed by atoms with van der Waals surface area (Å²) in [6.45, 7) is 3.72. The van der Waals surface area contributed by atoms with Crippen LogP contribution in [0.4, 0.5) is 19.0 Å². The summed E-state index contributed by atoms with van der Waals surface area (Å²) in [7, 11) is 0. The number of rotatable bonds is 1. The highest BCUT2D eigenvalue weighted by atomic mass is 19.4. The van der Waals surface area contributed by atoms with Crippen LogP contribution in [0.1, 0.15) is 16.7 Å². The van der Waals surface area contributed by atoms with Gasteiger partial charge in [-0.05, 0) is 25.5 Å². The molecule has 0 atom stereocenters. The largest absolute Gasteiger partial charge is 0.420 e. The molecule has 6 heteroatoms. The highest BCUT2D eigenvalue weighted by molar-refractivity contribution is 5.65. The van der Waals surface area contributed by atoms with E-state index in [0.29, 0.717) is 5.56 Å². The molecule has 0 saturated heterocycles. The molecule has 1 aromatic carbocycles. The molecule has 0 saturated carbocycles. The van der Waals surface area contributed by atoms with Crippen LogP contribution >= 0.6 is 0 Å². The Morgan fingerprint density at radius 3 is 2.32 bits per heavy atom. The van der Waals surface area contributed by atoms with Crippen molar-refractivity contribution in [3.63, 3.8) is 0 Å². The number of alkyl halides is 3. The van der Waals surface area contributed by atoms with Crippen molar-refractivity contribution in [2.75, 3.05) is 5.73 Å². The van der Waals surface area contributed by atoms with E-state index in [4.69, 9.17) is 5.73 Å². The SMILES string of the molecule is Cc1ccc(-c2cc(C(F)(F)F)c(N)nn2)c(C)c1. The average Bonchev–Trinajstić information content (AvgIpc) is 2.29. The van der Waals surface area contributed by atoms with Gasteiger partial charge in [-0.25, -0.2) is 0 Å². The van der Waals surface area contributed by atoms with Gasteiger partial charge in [-0.2, -0.15) is 13.2 Å². The minimum atomic E-state index is -4.53. The molecule has 2 rings (SSSR count). The van der Waals surface area contributed by atoms with E-state index in [-0.39, 0.29) is 5.69 Å². The second kappa shape index (κ2) is 4.53. The van der Waals surface area contributed by atoms with Crippen LogP contribution < -0.4 is 5.73 Å². The molecule has 0 unspecified atom stereocenters. The highest BCUT2D eigenvalue weighted by Crippen LogP contribution is 2.34. The minimum absolute atomic E-state index is 0.166. The van der Waals surface area contributed by atoms with Crippen molar-refractivity contribution in [3.8, 4) is 11.3 Å². The monoisotopic (exact) mass is 267 g/mol. The Morgan fingerprint density at radius 1 is 1.05 bits per heavy atom. The summed E-state index contributed by atoms with van der Waals surface area (Å²) in [5.74, 6) is -0.610. The zero-order valence-corrected chi connectivity index (χ0v) is 10.4. The number of nitrogens with two attached hydrogens (primary N) is 1. The Labute approximate surface area is 108 Å². The quantitative estimate of drug-likeness (QED) is 0.861. The molecule has 0 bridgehead atoms. The molecule has 3 nitrogen and oxygen atoms in total. The van der Waals surface area contributed by atoms with E-state index in [0.717, 1.165) is 17.2 Å². The maximum absolute atomic E-state index is 12.8. The molecule has 0 amide bonds. The lowest BCUT2D eigenvalue weighted by Gasteiger charge is -2.11. The first-order valence-corrected chi connectivity index (χ1v) is 5.57. The van der Waals surface area contributed by atoms with Gasteiger partial charge in [-0.1, -0.05) is 23.8 Å². The van der Waals surface area contributed by atoms with E-state index in [1.54, 1.807) is 6.07 Å². The normalized spacial score (nSPS) is 11.6. The summed E-state index contributed by atoms with van der Waals surface area (Å²) >= 11 is 0. The number of hydrogen-bond acceptors (Lipinski definition) is 3. The van der Waals surface area contributed by atoms with E-state index >= 15 is 0 Å². The highest BCUT2D eigenvalue weighted by Gasteiger charge is 2.34. The second-order valence-electron chi connectivity index (χ2n) is 4.34. The number of benzene rings is 1. The van der Waals surface area contributed by atoms with E-state index in [9.17, 15) is 13.2 Å². The molecule has 19 heavy (non-hydrogen) atoms. The molecular formula is C13H12F3N3. The second-order valence-corrected chi connectivity index (χ2v) is 4.34. The minimum Gasteiger partial charge on any atom is -0.382 e. The van der Waals surface area contributed by atoms with Gasteiger partial charge in [0.1, 0.15) is 5.56 Å². The predicted molar refractivity (Wildman–Crippen MR) is 66.4 cm³/mol. The van der Waals surface area contributed by atoms with Crippen molar-refractivity contribution in [1.29, 1.82) is 0 Å². The maximum atomic E-state index is 12.8. The van der Waals surface area contributed by atoms with Gasteiger partial charge in [0.05, 0.1) is 5.69 Å². The fourth-order valence-corrected chi connectivity index (χ4v) is 1.86. The number of hydrogen-bond donors (Lipinski definition) is 1. The van der Waals surface area contributed by atoms with Crippen molar-refractivity contribution in [2.45, 2.75) is 20.0 Å². The van der Waals surface area contributed by atoms with Gasteiger partial charge >= 0.3 is 6.18 Å². The fourth-order valence-electron chi connectivity index (χ4n) is 1.86. The molecule has 0 aliphatic rings. The Bertz CT molecular complexity index is 621. The van der Waals surface area contributed by atoms with Gasteiger partial charge in [0.25, 0.3) is 0 Å². The van der Waals surface area contributed by atoms with Gasteiger partial charge in [-0.3, -0.25) is 0 Å². The zero-order chi connectivity index (χ0) is 14.2. The molecule has 2 aromatic rings. The molecule has 2 N–H and O–H groups in total. The van der Waals surface area contributed by atoms with Crippen LogP contribution in [-0.2, 0) is 6.18 Å². The number of anilines is 1. The average molecular weight is 267 g/mol. The van der Waals surface area contributed by atoms with Crippen molar-refractivity contribution >= 4 is 5.82 Å². The summed E-state index contributed by atoms with van der Waals surface area (Å²) in [5, 5.41) is 7.13. The molecule has 0 radical (unpaired) electrons. The van der Waals surface area contributed by atoms with Crippen molar-refractivity contribution in [1.82, 2.24) is 10.2 Å². The Hall–Kier alpha value is -2.11. The van der Waals surface area contributed by atoms with Crippen LogP contribution in [-0.4, -0.2) is 10.2 Å². The summed E-state index contributed by atoms with van der Waals surface area (Å²) in [5.41, 5.74) is 6.91. The fraction of sp³-hybridized carbons (Fsp3) is 0.231. The summed E-state index contributed by atoms with van der Waals surface area (Å²) in [4.78, 5) is 0. The lowest BCUT2D eigenvalue weighted by molar-refractivity contribution is -0.137. The zero-order valence-electron chi connectivity index (χ0n) is 10.4. The standard InChI is InChI=1S/C13H12F3N3/c1-7-3-4-9(8(2)5-7)11-6-10(13(14,15)16)12(17)19-18-11/h3-6H,1-2H3,(H2,17,19). The summed E-state index contributed by atoms with van der Waals surface area (Å²) in [6, 6.07) is 6.35. The van der Waals surface area contributed by atoms with Gasteiger partial charge in [0, 0.05) is 5.56 Å². The van der Waals surface area contributed by atoms with E-state index in [1.165, 1.54) is 0 Å². The lowest BCUT2D eigenvalue weighted by atomic mass is 10.0. The molecule has 0 spiro atoms. The topological polar surface area (TPSA) is 51.8 Å². The molecule has 0 fully saturated rings. The third kappa shape index (κ3) is 2.67. The first-order chi connectivity index (χ1) is 8.79. The smallest absolute Gasteiger partial charge is 0.382 e. The van der Waals surface area contributed by atoms with Crippen LogP contribution in [0.2, 0.25) is 0 Å². The number of nitrogens with zero attached hydrogens (tertiary/aromatic N) is 2. The summed E-state index contributed by atoms with van der Waals surface area (Å²) in [6.07, 6.45) is -4.53. The molecular weight excluding hydrogens is 255 g/mol. The van der Waals surface area contributed by atoms with Crippen molar-refractivity contribution < 1.29 is 13.2 Å². The van der Waals surface area contributed by atoms with Gasteiger partial charge in [0.2, 0.25) is 0 Å². The molecule has 1 heterocycles. The molecule has 100 valence electrons. The molecule has 1 aromatic heterocycles. The number of aryl methyl sites for hydroxylation is 2. The van der Waals surface area contributed by atoms with Gasteiger partial charge in [-0.15, -0.1) is 10.2 Å². The van der Waals surface area contributed by atoms with Crippen LogP contribution in [0, 0.1) is 13.8 Å². The molecule has 0 aliphatic carbocycles. The van der Waals surface area contributed by atoms with E-state index in [1.807, 2.05) is 26.0 Å². The number of nitrogen functional groups attached to an aromatic ring is 1. The van der Waals surface area contributed by atoms with Gasteiger partial charge in [0.15, 0.2) is 5.82 Å². The number of aromatic nitrogens is 2. The Balaban J connectivity index is 2.58. The van der Waals surface area contributed by atoms with E-state index < -0.39 is 17.6 Å². The molecule has 0 aliphatic heterocycles. The third-order valence-electron chi connectivity index (χ3n) is 2.79. The van der Waals surface area contributed by atoms with Crippen LogP contribution in [0.3, 0.4) is 0 Å². The third-order valence-corrected chi connectivity index (χ3v) is 2.79. The predicted octanol–water partition coefficient (Wildman–Crippen LogP) is 3.36. The Morgan fingerprint density at radius 2 is 1.74 bits per heavy atom. The van der Waals surface area contributed by atoms with Crippen molar-refractivity contribution in [2.24, 2.45) is 0 Å². The van der Waals surface area contributed by atoms with Crippen LogP contribution in [0.5, 0.6) is 0 Å². The first kappa shape index (κ1) is 13.3. The number of halogens is 3. The maximum Gasteiger partial charge on any atom is 0.420 e. The van der Waals surface area contributed by atoms with Crippen LogP contribution in [0.25, 0.3) is 11.3 Å². The van der Waals surface area contributed by atoms with E-state index in [2.05, 4.69) is 10.2 Å². The van der Waals surface area contributed by atoms with Crippen LogP contribution in [0.15, 0.2) is 24.3 Å². The summed E-state index contributed by atoms with van der Waals surface area (Å²) < 4.78 is 38.3. The lowest BCUT2D eigenvalue weighted by Crippen LogP contribution is -2.12. The van der Waals surface area contributed by atoms with Crippen molar-refractivity contribution in [3.05, 3.63) is 41.0 Å².